The van der Waals surface area contributed by atoms with Gasteiger partial charge in [0.2, 0.25) is 0 Å². The van der Waals surface area contributed by atoms with Crippen LogP contribution in [-0.4, -0.2) is 28.1 Å². The smallest absolute Gasteiger partial charge is 0.323 e. The Labute approximate surface area is 115 Å². The highest BCUT2D eigenvalue weighted by Crippen LogP contribution is 2.30. The van der Waals surface area contributed by atoms with Gasteiger partial charge in [0, 0.05) is 6.54 Å². The number of likely N-dealkylation sites (tertiary alicyclic amines) is 1. The first-order chi connectivity index (χ1) is 8.93. The van der Waals surface area contributed by atoms with Gasteiger partial charge in [0.1, 0.15) is 5.54 Å². The molecule has 19 heavy (non-hydrogen) atoms. The highest BCUT2D eigenvalue weighted by Gasteiger charge is 2.41. The van der Waals surface area contributed by atoms with Crippen molar-refractivity contribution in [3.63, 3.8) is 0 Å². The SMILES string of the molecule is Cc1ccc(C)c(CN2CCCCC2(C)C(=O)O)c1. The maximum absolute atomic E-state index is 11.6. The Morgan fingerprint density at radius 3 is 2.79 bits per heavy atom. The highest BCUT2D eigenvalue weighted by atomic mass is 16.4. The molecule has 3 heteroatoms. The summed E-state index contributed by atoms with van der Waals surface area (Å²) < 4.78 is 0. The minimum Gasteiger partial charge on any atom is -0.480 e. The first kappa shape index (κ1) is 14.1. The lowest BCUT2D eigenvalue weighted by molar-refractivity contribution is -0.153. The molecule has 2 rings (SSSR count). The number of carbonyl (C=O) groups is 1. The molecule has 3 nitrogen and oxygen atoms in total. The van der Waals surface area contributed by atoms with E-state index in [1.165, 1.54) is 16.7 Å². The highest BCUT2D eigenvalue weighted by molar-refractivity contribution is 5.78. The third kappa shape index (κ3) is 2.81. The molecule has 1 aromatic carbocycles. The second-order valence-corrected chi connectivity index (χ2v) is 5.89. The Kier molecular flexibility index (Phi) is 3.95. The molecule has 0 aliphatic carbocycles. The molecule has 0 radical (unpaired) electrons. The van der Waals surface area contributed by atoms with E-state index in [0.717, 1.165) is 32.4 Å². The molecule has 1 saturated heterocycles. The molecule has 0 bridgehead atoms. The lowest BCUT2D eigenvalue weighted by Crippen LogP contribution is -2.54. The van der Waals surface area contributed by atoms with Crippen LogP contribution in [-0.2, 0) is 11.3 Å². The Morgan fingerprint density at radius 2 is 2.11 bits per heavy atom. The lowest BCUT2D eigenvalue weighted by Gasteiger charge is -2.42. The number of hydrogen-bond donors (Lipinski definition) is 1. The Morgan fingerprint density at radius 1 is 1.37 bits per heavy atom. The molecule has 0 saturated carbocycles. The zero-order valence-electron chi connectivity index (χ0n) is 12.1. The van der Waals surface area contributed by atoms with Crippen LogP contribution in [0.4, 0.5) is 0 Å². The first-order valence-electron chi connectivity index (χ1n) is 6.98. The van der Waals surface area contributed by atoms with E-state index in [-0.39, 0.29) is 0 Å². The zero-order valence-corrected chi connectivity index (χ0v) is 12.1. The van der Waals surface area contributed by atoms with Gasteiger partial charge in [0.05, 0.1) is 0 Å². The van der Waals surface area contributed by atoms with Gasteiger partial charge in [-0.2, -0.15) is 0 Å². The standard InChI is InChI=1S/C16H23NO2/c1-12-6-7-13(2)14(10-12)11-17-9-5-4-8-16(17,3)15(18)19/h6-7,10H,4-5,8-9,11H2,1-3H3,(H,18,19). The predicted octanol–water partition coefficient (Wildman–Crippen LogP) is 3.13. The molecular weight excluding hydrogens is 238 g/mol. The van der Waals surface area contributed by atoms with Crippen LogP contribution in [0.2, 0.25) is 0 Å². The van der Waals surface area contributed by atoms with Gasteiger partial charge in [-0.25, -0.2) is 0 Å². The zero-order chi connectivity index (χ0) is 14.0. The number of nitrogens with zero attached hydrogens (tertiary/aromatic N) is 1. The fourth-order valence-corrected chi connectivity index (χ4v) is 2.85. The summed E-state index contributed by atoms with van der Waals surface area (Å²) in [7, 11) is 0. The van der Waals surface area contributed by atoms with E-state index in [1.807, 2.05) is 6.92 Å². The second-order valence-electron chi connectivity index (χ2n) is 5.89. The average molecular weight is 261 g/mol. The Balaban J connectivity index is 2.25. The molecule has 0 amide bonds. The lowest BCUT2D eigenvalue weighted by atomic mass is 9.87. The van der Waals surface area contributed by atoms with E-state index in [0.29, 0.717) is 0 Å². The minimum absolute atomic E-state index is 0.697. The van der Waals surface area contributed by atoms with Gasteiger partial charge in [-0.05, 0) is 57.7 Å². The van der Waals surface area contributed by atoms with Crippen molar-refractivity contribution in [1.29, 1.82) is 0 Å². The number of piperidine rings is 1. The maximum Gasteiger partial charge on any atom is 0.323 e. The largest absolute Gasteiger partial charge is 0.480 e. The van der Waals surface area contributed by atoms with E-state index in [1.54, 1.807) is 0 Å². The van der Waals surface area contributed by atoms with Crippen LogP contribution in [0.3, 0.4) is 0 Å². The molecule has 1 aliphatic rings. The van der Waals surface area contributed by atoms with Gasteiger partial charge in [0.15, 0.2) is 0 Å². The van der Waals surface area contributed by atoms with E-state index in [9.17, 15) is 9.90 Å². The van der Waals surface area contributed by atoms with E-state index in [4.69, 9.17) is 0 Å². The van der Waals surface area contributed by atoms with Crippen LogP contribution in [0.1, 0.15) is 42.9 Å². The molecule has 1 aliphatic heterocycles. The molecule has 1 N–H and O–H groups in total. The Hall–Kier alpha value is -1.35. The van der Waals surface area contributed by atoms with Crippen molar-refractivity contribution in [2.45, 2.75) is 52.1 Å². The summed E-state index contributed by atoms with van der Waals surface area (Å²) in [6.07, 6.45) is 2.84. The van der Waals surface area contributed by atoms with Gasteiger partial charge in [0.25, 0.3) is 0 Å². The van der Waals surface area contributed by atoms with Crippen molar-refractivity contribution in [2.24, 2.45) is 0 Å². The molecule has 1 heterocycles. The number of aryl methyl sites for hydroxylation is 2. The number of hydrogen-bond acceptors (Lipinski definition) is 2. The van der Waals surface area contributed by atoms with Crippen molar-refractivity contribution in [1.82, 2.24) is 4.90 Å². The van der Waals surface area contributed by atoms with E-state index < -0.39 is 11.5 Å². The first-order valence-corrected chi connectivity index (χ1v) is 6.98. The summed E-state index contributed by atoms with van der Waals surface area (Å²) in [5.41, 5.74) is 3.00. The number of carboxylic acids is 1. The second kappa shape index (κ2) is 5.33. The van der Waals surface area contributed by atoms with Crippen LogP contribution < -0.4 is 0 Å². The molecule has 1 fully saturated rings. The normalized spacial score (nSPS) is 24.4. The van der Waals surface area contributed by atoms with Gasteiger partial charge in [-0.15, -0.1) is 0 Å². The third-order valence-corrected chi connectivity index (χ3v) is 4.37. The fourth-order valence-electron chi connectivity index (χ4n) is 2.85. The van der Waals surface area contributed by atoms with E-state index >= 15 is 0 Å². The molecule has 0 spiro atoms. The fraction of sp³-hybridized carbons (Fsp3) is 0.562. The minimum atomic E-state index is -0.714. The summed E-state index contributed by atoms with van der Waals surface area (Å²) in [5, 5.41) is 9.53. The van der Waals surface area contributed by atoms with E-state index in [2.05, 4.69) is 36.9 Å². The number of carboxylic acid groups (broad SMARTS) is 1. The number of rotatable bonds is 3. The molecule has 0 aromatic heterocycles. The van der Waals surface area contributed by atoms with Crippen LogP contribution in [0.15, 0.2) is 18.2 Å². The van der Waals surface area contributed by atoms with Crippen molar-refractivity contribution < 1.29 is 9.90 Å². The number of benzene rings is 1. The summed E-state index contributed by atoms with van der Waals surface area (Å²) >= 11 is 0. The maximum atomic E-state index is 11.6. The summed E-state index contributed by atoms with van der Waals surface area (Å²) in [5.74, 6) is -0.697. The predicted molar refractivity (Wildman–Crippen MR) is 76.2 cm³/mol. The van der Waals surface area contributed by atoms with Crippen LogP contribution in [0.5, 0.6) is 0 Å². The number of aliphatic carboxylic acids is 1. The third-order valence-electron chi connectivity index (χ3n) is 4.37. The quantitative estimate of drug-likeness (QED) is 0.908. The van der Waals surface area contributed by atoms with Gasteiger partial charge < -0.3 is 5.11 Å². The average Bonchev–Trinajstić information content (AvgIpc) is 2.36. The Bertz CT molecular complexity index is 484. The van der Waals surface area contributed by atoms with Crippen LogP contribution in [0.25, 0.3) is 0 Å². The van der Waals surface area contributed by atoms with Gasteiger partial charge in [-0.1, -0.05) is 23.8 Å². The molecule has 1 aromatic rings. The van der Waals surface area contributed by atoms with Gasteiger partial charge >= 0.3 is 5.97 Å². The van der Waals surface area contributed by atoms with Gasteiger partial charge in [-0.3, -0.25) is 9.69 Å². The molecule has 104 valence electrons. The van der Waals surface area contributed by atoms with Crippen LogP contribution in [0, 0.1) is 13.8 Å². The van der Waals surface area contributed by atoms with Crippen molar-refractivity contribution in [2.75, 3.05) is 6.54 Å². The monoisotopic (exact) mass is 261 g/mol. The van der Waals surface area contributed by atoms with Crippen LogP contribution >= 0.6 is 0 Å². The molecule has 1 unspecified atom stereocenters. The summed E-state index contributed by atoms with van der Waals surface area (Å²) in [4.78, 5) is 13.7. The topological polar surface area (TPSA) is 40.5 Å². The van der Waals surface area contributed by atoms with Crippen molar-refractivity contribution in [3.8, 4) is 0 Å². The summed E-state index contributed by atoms with van der Waals surface area (Å²) in [6.45, 7) is 7.64. The molecular formula is C16H23NO2. The molecule has 1 atom stereocenters. The van der Waals surface area contributed by atoms with Crippen molar-refractivity contribution >= 4 is 5.97 Å². The summed E-state index contributed by atoms with van der Waals surface area (Å²) in [6, 6.07) is 6.39. The van der Waals surface area contributed by atoms with Crippen molar-refractivity contribution in [3.05, 3.63) is 34.9 Å².